The smallest absolute Gasteiger partial charge is 0.224 e. The predicted molar refractivity (Wildman–Crippen MR) is 63.9 cm³/mol. The molecule has 0 saturated heterocycles. The molecule has 0 bridgehead atoms. The molecule has 0 aliphatic carbocycles. The summed E-state index contributed by atoms with van der Waals surface area (Å²) in [5.41, 5.74) is 1.26. The van der Waals surface area contributed by atoms with Crippen LogP contribution in [0.15, 0.2) is 24.3 Å². The number of carbonyl (C=O) groups excluding carboxylic acids is 1. The molecule has 16 heavy (non-hydrogen) atoms. The average Bonchev–Trinajstić information content (AvgIpc) is 2.29. The van der Waals surface area contributed by atoms with E-state index < -0.39 is 0 Å². The van der Waals surface area contributed by atoms with Crippen molar-refractivity contribution < 1.29 is 4.79 Å². The largest absolute Gasteiger partial charge is 0.326 e. The van der Waals surface area contributed by atoms with E-state index in [0.717, 1.165) is 19.3 Å². The van der Waals surface area contributed by atoms with Gasteiger partial charge in [0.05, 0.1) is 11.6 Å². The van der Waals surface area contributed by atoms with E-state index >= 15 is 0 Å². The van der Waals surface area contributed by atoms with Crippen LogP contribution in [0.3, 0.4) is 0 Å². The van der Waals surface area contributed by atoms with Crippen LogP contribution in [-0.4, -0.2) is 5.91 Å². The molecule has 0 spiro atoms. The molecule has 0 aliphatic heterocycles. The van der Waals surface area contributed by atoms with Crippen LogP contribution in [0.5, 0.6) is 0 Å². The van der Waals surface area contributed by atoms with Crippen molar-refractivity contribution in [2.24, 2.45) is 0 Å². The number of hydrogen-bond acceptors (Lipinski definition) is 2. The zero-order valence-electron chi connectivity index (χ0n) is 9.49. The van der Waals surface area contributed by atoms with Gasteiger partial charge in [-0.2, -0.15) is 5.26 Å². The van der Waals surface area contributed by atoms with Crippen molar-refractivity contribution in [3.63, 3.8) is 0 Å². The van der Waals surface area contributed by atoms with Gasteiger partial charge in [0, 0.05) is 12.1 Å². The van der Waals surface area contributed by atoms with Crippen LogP contribution in [-0.2, 0) is 4.79 Å². The Morgan fingerprint density at radius 1 is 1.44 bits per heavy atom. The number of nitriles is 1. The van der Waals surface area contributed by atoms with Crippen LogP contribution in [0.1, 0.15) is 38.2 Å². The summed E-state index contributed by atoms with van der Waals surface area (Å²) in [4.78, 5) is 11.5. The summed E-state index contributed by atoms with van der Waals surface area (Å²) in [5.74, 6) is 0.0172. The van der Waals surface area contributed by atoms with E-state index in [1.807, 2.05) is 6.07 Å². The van der Waals surface area contributed by atoms with Gasteiger partial charge in [-0.15, -0.1) is 0 Å². The van der Waals surface area contributed by atoms with Crippen LogP contribution in [0.25, 0.3) is 0 Å². The van der Waals surface area contributed by atoms with Crippen LogP contribution in [0.4, 0.5) is 5.69 Å². The SMILES string of the molecule is CCCCCC(=O)Nc1cccc(C#N)c1. The molecule has 1 rings (SSSR count). The van der Waals surface area contributed by atoms with E-state index in [0.29, 0.717) is 17.7 Å². The van der Waals surface area contributed by atoms with Crippen molar-refractivity contribution in [3.05, 3.63) is 29.8 Å². The average molecular weight is 216 g/mol. The van der Waals surface area contributed by atoms with Gasteiger partial charge in [-0.1, -0.05) is 25.8 Å². The highest BCUT2D eigenvalue weighted by molar-refractivity contribution is 5.90. The van der Waals surface area contributed by atoms with Gasteiger partial charge in [0.1, 0.15) is 0 Å². The summed E-state index contributed by atoms with van der Waals surface area (Å²) in [5, 5.41) is 11.5. The molecule has 0 aromatic heterocycles. The van der Waals surface area contributed by atoms with Crippen LogP contribution >= 0.6 is 0 Å². The molecule has 1 N–H and O–H groups in total. The summed E-state index contributed by atoms with van der Waals surface area (Å²) in [6.07, 6.45) is 3.65. The molecule has 0 aliphatic rings. The van der Waals surface area contributed by atoms with E-state index in [2.05, 4.69) is 12.2 Å². The molecule has 1 amide bonds. The zero-order valence-corrected chi connectivity index (χ0v) is 9.49. The lowest BCUT2D eigenvalue weighted by Crippen LogP contribution is -2.10. The summed E-state index contributed by atoms with van der Waals surface area (Å²) in [7, 11) is 0. The second-order valence-corrected chi connectivity index (χ2v) is 3.70. The maximum atomic E-state index is 11.5. The monoisotopic (exact) mass is 216 g/mol. The molecule has 1 aromatic rings. The standard InChI is InChI=1S/C13H16N2O/c1-2-3-4-8-13(16)15-12-7-5-6-11(9-12)10-14/h5-7,9H,2-4,8H2,1H3,(H,15,16). The minimum Gasteiger partial charge on any atom is -0.326 e. The third-order valence-electron chi connectivity index (χ3n) is 2.28. The third-order valence-corrected chi connectivity index (χ3v) is 2.28. The Labute approximate surface area is 96.1 Å². The Kier molecular flexibility index (Phi) is 5.07. The molecule has 0 heterocycles. The predicted octanol–water partition coefficient (Wildman–Crippen LogP) is 3.08. The molecule has 0 saturated carbocycles. The number of carbonyl (C=O) groups is 1. The lowest BCUT2D eigenvalue weighted by atomic mass is 10.2. The van der Waals surface area contributed by atoms with Gasteiger partial charge in [0.25, 0.3) is 0 Å². The first-order chi connectivity index (χ1) is 7.76. The van der Waals surface area contributed by atoms with Gasteiger partial charge in [-0.3, -0.25) is 4.79 Å². The quantitative estimate of drug-likeness (QED) is 0.769. The molecule has 1 aromatic carbocycles. The molecule has 0 unspecified atom stereocenters. The van der Waals surface area contributed by atoms with Gasteiger partial charge in [0.15, 0.2) is 0 Å². The van der Waals surface area contributed by atoms with Crippen molar-refractivity contribution >= 4 is 11.6 Å². The lowest BCUT2D eigenvalue weighted by Gasteiger charge is -2.04. The van der Waals surface area contributed by atoms with E-state index in [4.69, 9.17) is 5.26 Å². The number of unbranched alkanes of at least 4 members (excludes halogenated alkanes) is 2. The second-order valence-electron chi connectivity index (χ2n) is 3.70. The summed E-state index contributed by atoms with van der Waals surface area (Å²) in [6, 6.07) is 8.99. The third kappa shape index (κ3) is 4.14. The Morgan fingerprint density at radius 2 is 2.25 bits per heavy atom. The Hall–Kier alpha value is -1.82. The molecule has 0 atom stereocenters. The van der Waals surface area contributed by atoms with E-state index in [1.54, 1.807) is 24.3 Å². The molecular weight excluding hydrogens is 200 g/mol. The molecular formula is C13H16N2O. The van der Waals surface area contributed by atoms with Gasteiger partial charge >= 0.3 is 0 Å². The minimum atomic E-state index is 0.0172. The maximum Gasteiger partial charge on any atom is 0.224 e. The highest BCUT2D eigenvalue weighted by atomic mass is 16.1. The first-order valence-electron chi connectivity index (χ1n) is 5.56. The zero-order chi connectivity index (χ0) is 11.8. The lowest BCUT2D eigenvalue weighted by molar-refractivity contribution is -0.116. The number of nitrogens with zero attached hydrogens (tertiary/aromatic N) is 1. The maximum absolute atomic E-state index is 11.5. The summed E-state index contributed by atoms with van der Waals surface area (Å²) >= 11 is 0. The van der Waals surface area contributed by atoms with E-state index in [1.165, 1.54) is 0 Å². The fraction of sp³-hybridized carbons (Fsp3) is 0.385. The van der Waals surface area contributed by atoms with Crippen LogP contribution in [0.2, 0.25) is 0 Å². The van der Waals surface area contributed by atoms with Gasteiger partial charge in [0.2, 0.25) is 5.91 Å². The number of anilines is 1. The number of rotatable bonds is 5. The van der Waals surface area contributed by atoms with Gasteiger partial charge in [-0.05, 0) is 24.6 Å². The van der Waals surface area contributed by atoms with Gasteiger partial charge in [-0.25, -0.2) is 0 Å². The highest BCUT2D eigenvalue weighted by Gasteiger charge is 2.02. The van der Waals surface area contributed by atoms with E-state index in [9.17, 15) is 4.79 Å². The Balaban J connectivity index is 2.47. The first-order valence-corrected chi connectivity index (χ1v) is 5.56. The Bertz CT molecular complexity index is 393. The Morgan fingerprint density at radius 3 is 2.94 bits per heavy atom. The van der Waals surface area contributed by atoms with E-state index in [-0.39, 0.29) is 5.91 Å². The van der Waals surface area contributed by atoms with Crippen molar-refractivity contribution in [1.29, 1.82) is 5.26 Å². The summed E-state index contributed by atoms with van der Waals surface area (Å²) in [6.45, 7) is 2.11. The van der Waals surface area contributed by atoms with Crippen molar-refractivity contribution in [1.82, 2.24) is 0 Å². The summed E-state index contributed by atoms with van der Waals surface area (Å²) < 4.78 is 0. The fourth-order valence-electron chi connectivity index (χ4n) is 1.43. The van der Waals surface area contributed by atoms with Crippen LogP contribution in [0, 0.1) is 11.3 Å². The van der Waals surface area contributed by atoms with Crippen molar-refractivity contribution in [2.45, 2.75) is 32.6 Å². The van der Waals surface area contributed by atoms with Gasteiger partial charge < -0.3 is 5.32 Å². The minimum absolute atomic E-state index is 0.0172. The number of amides is 1. The molecule has 0 fully saturated rings. The van der Waals surface area contributed by atoms with Crippen molar-refractivity contribution in [3.8, 4) is 6.07 Å². The molecule has 0 radical (unpaired) electrons. The first kappa shape index (κ1) is 12.3. The second kappa shape index (κ2) is 6.62. The number of nitrogens with one attached hydrogen (secondary N) is 1. The molecule has 3 heteroatoms. The molecule has 84 valence electrons. The fourth-order valence-corrected chi connectivity index (χ4v) is 1.43. The number of benzene rings is 1. The molecule has 3 nitrogen and oxygen atoms in total. The van der Waals surface area contributed by atoms with Crippen molar-refractivity contribution in [2.75, 3.05) is 5.32 Å². The normalized spacial score (nSPS) is 9.50. The highest BCUT2D eigenvalue weighted by Crippen LogP contribution is 2.10. The number of hydrogen-bond donors (Lipinski definition) is 1. The topological polar surface area (TPSA) is 52.9 Å². The van der Waals surface area contributed by atoms with Crippen LogP contribution < -0.4 is 5.32 Å².